The van der Waals surface area contributed by atoms with Crippen molar-refractivity contribution in [3.8, 4) is 0 Å². The summed E-state index contributed by atoms with van der Waals surface area (Å²) < 4.78 is 0. The summed E-state index contributed by atoms with van der Waals surface area (Å²) in [6.45, 7) is 2.61. The van der Waals surface area contributed by atoms with E-state index in [0.717, 1.165) is 11.1 Å². The Hall–Kier alpha value is -3.02. The van der Waals surface area contributed by atoms with E-state index in [-0.39, 0.29) is 36.0 Å². The van der Waals surface area contributed by atoms with Crippen LogP contribution in [0.15, 0.2) is 78.9 Å². The highest BCUT2D eigenvalue weighted by Gasteiger charge is 2.23. The van der Waals surface area contributed by atoms with E-state index in [1.54, 1.807) is 23.1 Å². The topological polar surface area (TPSA) is 61.4 Å². The van der Waals surface area contributed by atoms with Gasteiger partial charge in [-0.15, -0.1) is 0 Å². The Morgan fingerprint density at radius 2 is 1.56 bits per heavy atom. The van der Waals surface area contributed by atoms with E-state index < -0.39 is 0 Å². The molecule has 0 radical (unpaired) electrons. The zero-order chi connectivity index (χ0) is 22.9. The Kier molecular flexibility index (Phi) is 8.54. The first-order chi connectivity index (χ1) is 15.5. The largest absolute Gasteiger partial charge is 0.352 e. The molecule has 0 heterocycles. The highest BCUT2D eigenvalue weighted by molar-refractivity contribution is 6.43. The van der Waals surface area contributed by atoms with Crippen molar-refractivity contribution >= 4 is 40.8 Å². The molecular formula is C25H25Cl2N3O2. The fourth-order valence-electron chi connectivity index (χ4n) is 3.28. The second-order valence-electron chi connectivity index (χ2n) is 7.32. The molecule has 0 saturated heterocycles. The quantitative estimate of drug-likeness (QED) is 0.406. The van der Waals surface area contributed by atoms with Gasteiger partial charge in [0.25, 0.3) is 0 Å². The van der Waals surface area contributed by atoms with Gasteiger partial charge in [-0.3, -0.25) is 4.79 Å². The van der Waals surface area contributed by atoms with Crippen LogP contribution >= 0.6 is 23.2 Å². The van der Waals surface area contributed by atoms with Crippen LogP contribution in [-0.2, 0) is 11.3 Å². The lowest BCUT2D eigenvalue weighted by Gasteiger charge is -2.30. The first-order valence-electron chi connectivity index (χ1n) is 10.3. The average Bonchev–Trinajstić information content (AvgIpc) is 2.82. The first kappa shape index (κ1) is 23.6. The van der Waals surface area contributed by atoms with Crippen molar-refractivity contribution < 1.29 is 9.59 Å². The van der Waals surface area contributed by atoms with E-state index in [4.69, 9.17) is 23.2 Å². The molecule has 2 N–H and O–H groups in total. The Morgan fingerprint density at radius 3 is 2.25 bits per heavy atom. The van der Waals surface area contributed by atoms with Crippen molar-refractivity contribution in [1.82, 2.24) is 10.2 Å². The third kappa shape index (κ3) is 6.49. The molecule has 0 bridgehead atoms. The number of benzene rings is 3. The molecule has 3 amide bonds. The monoisotopic (exact) mass is 469 g/mol. The van der Waals surface area contributed by atoms with Crippen molar-refractivity contribution in [3.05, 3.63) is 100 Å². The molecular weight excluding hydrogens is 445 g/mol. The van der Waals surface area contributed by atoms with Crippen LogP contribution in [0.25, 0.3) is 0 Å². The van der Waals surface area contributed by atoms with Gasteiger partial charge in [0.1, 0.15) is 0 Å². The van der Waals surface area contributed by atoms with Gasteiger partial charge in [-0.1, -0.05) is 89.9 Å². The van der Waals surface area contributed by atoms with Gasteiger partial charge in [-0.25, -0.2) is 4.79 Å². The summed E-state index contributed by atoms with van der Waals surface area (Å²) in [5.74, 6) is -0.132. The fourth-order valence-corrected chi connectivity index (χ4v) is 3.62. The third-order valence-corrected chi connectivity index (χ3v) is 5.93. The molecule has 32 heavy (non-hydrogen) atoms. The zero-order valence-corrected chi connectivity index (χ0v) is 19.2. The second-order valence-corrected chi connectivity index (χ2v) is 8.11. The van der Waals surface area contributed by atoms with Crippen LogP contribution in [0.2, 0.25) is 10.0 Å². The molecule has 0 fully saturated rings. The molecule has 0 saturated carbocycles. The van der Waals surface area contributed by atoms with Crippen LogP contribution in [0.3, 0.4) is 0 Å². The van der Waals surface area contributed by atoms with Crippen molar-refractivity contribution in [2.45, 2.75) is 25.9 Å². The number of halogens is 2. The normalized spacial score (nSPS) is 11.5. The van der Waals surface area contributed by atoms with Crippen LogP contribution in [0, 0.1) is 0 Å². The number of amides is 3. The third-order valence-electron chi connectivity index (χ3n) is 5.12. The van der Waals surface area contributed by atoms with E-state index in [2.05, 4.69) is 10.6 Å². The maximum atomic E-state index is 13.2. The van der Waals surface area contributed by atoms with Gasteiger partial charge in [-0.2, -0.15) is 0 Å². The van der Waals surface area contributed by atoms with Crippen molar-refractivity contribution in [2.75, 3.05) is 11.9 Å². The van der Waals surface area contributed by atoms with E-state index >= 15 is 0 Å². The molecule has 0 aliphatic rings. The molecule has 3 aromatic rings. The van der Waals surface area contributed by atoms with Gasteiger partial charge in [0.2, 0.25) is 5.91 Å². The van der Waals surface area contributed by atoms with Gasteiger partial charge in [0, 0.05) is 19.5 Å². The number of hydrogen-bond donors (Lipinski definition) is 2. The number of urea groups is 1. The molecule has 166 valence electrons. The van der Waals surface area contributed by atoms with Crippen molar-refractivity contribution in [2.24, 2.45) is 0 Å². The minimum atomic E-state index is -0.360. The highest BCUT2D eigenvalue weighted by atomic mass is 35.5. The molecule has 1 atom stereocenters. The molecule has 0 aliphatic heterocycles. The summed E-state index contributed by atoms with van der Waals surface area (Å²) in [6.07, 6.45) is 0.167. The lowest BCUT2D eigenvalue weighted by atomic mass is 10.1. The Labute approximate surface area is 198 Å². The number of hydrogen-bond acceptors (Lipinski definition) is 2. The standard InChI is InChI=1S/C25H25Cl2N3O2/c1-18(20-11-6-3-7-12-20)30(25(32)29-22-14-8-13-21(26)24(22)27)16-15-23(31)28-17-19-9-4-2-5-10-19/h2-14,18H,15-17H2,1H3,(H,28,31)(H,29,32). The summed E-state index contributed by atoms with van der Waals surface area (Å²) in [5, 5.41) is 6.35. The summed E-state index contributed by atoms with van der Waals surface area (Å²) >= 11 is 12.3. The molecule has 3 aromatic carbocycles. The van der Waals surface area contributed by atoms with Gasteiger partial charge < -0.3 is 15.5 Å². The van der Waals surface area contributed by atoms with Gasteiger partial charge in [0.15, 0.2) is 0 Å². The highest BCUT2D eigenvalue weighted by Crippen LogP contribution is 2.30. The van der Waals surface area contributed by atoms with Crippen molar-refractivity contribution in [1.29, 1.82) is 0 Å². The molecule has 0 aromatic heterocycles. The molecule has 7 heteroatoms. The Bertz CT molecular complexity index is 1050. The van der Waals surface area contributed by atoms with Crippen LogP contribution in [0.1, 0.15) is 30.5 Å². The van der Waals surface area contributed by atoms with Crippen LogP contribution < -0.4 is 10.6 Å². The zero-order valence-electron chi connectivity index (χ0n) is 17.7. The van der Waals surface area contributed by atoms with Gasteiger partial charge in [-0.05, 0) is 30.2 Å². The van der Waals surface area contributed by atoms with Crippen LogP contribution in [0.5, 0.6) is 0 Å². The van der Waals surface area contributed by atoms with E-state index in [1.165, 1.54) is 0 Å². The molecule has 3 rings (SSSR count). The van der Waals surface area contributed by atoms with Gasteiger partial charge in [0.05, 0.1) is 21.8 Å². The lowest BCUT2D eigenvalue weighted by Crippen LogP contribution is -2.39. The van der Waals surface area contributed by atoms with E-state index in [1.807, 2.05) is 67.6 Å². The predicted octanol–water partition coefficient (Wildman–Crippen LogP) is 6.30. The van der Waals surface area contributed by atoms with Crippen LogP contribution in [0.4, 0.5) is 10.5 Å². The minimum Gasteiger partial charge on any atom is -0.352 e. The second kappa shape index (κ2) is 11.6. The fraction of sp³-hybridized carbons (Fsp3) is 0.200. The Morgan fingerprint density at radius 1 is 0.906 bits per heavy atom. The SMILES string of the molecule is CC(c1ccccc1)N(CCC(=O)NCc1ccccc1)C(=O)Nc1cccc(Cl)c1Cl. The summed E-state index contributed by atoms with van der Waals surface area (Å²) in [7, 11) is 0. The minimum absolute atomic E-state index is 0.132. The van der Waals surface area contributed by atoms with E-state index in [0.29, 0.717) is 17.3 Å². The molecule has 0 aliphatic carbocycles. The molecule has 1 unspecified atom stereocenters. The maximum absolute atomic E-state index is 13.2. The predicted molar refractivity (Wildman–Crippen MR) is 130 cm³/mol. The summed E-state index contributed by atoms with van der Waals surface area (Å²) in [5.41, 5.74) is 2.40. The molecule has 5 nitrogen and oxygen atoms in total. The number of carbonyl (C=O) groups is 2. The lowest BCUT2D eigenvalue weighted by molar-refractivity contribution is -0.121. The summed E-state index contributed by atoms with van der Waals surface area (Å²) in [4.78, 5) is 27.2. The number of nitrogens with one attached hydrogen (secondary N) is 2. The number of rotatable bonds is 8. The van der Waals surface area contributed by atoms with E-state index in [9.17, 15) is 9.59 Å². The number of anilines is 1. The number of nitrogens with zero attached hydrogens (tertiary/aromatic N) is 1. The summed E-state index contributed by atoms with van der Waals surface area (Å²) in [6, 6.07) is 23.8. The molecule has 0 spiro atoms. The number of carbonyl (C=O) groups excluding carboxylic acids is 2. The average molecular weight is 470 g/mol. The maximum Gasteiger partial charge on any atom is 0.322 e. The first-order valence-corrected chi connectivity index (χ1v) is 11.1. The van der Waals surface area contributed by atoms with Crippen molar-refractivity contribution in [3.63, 3.8) is 0 Å². The smallest absolute Gasteiger partial charge is 0.322 e. The van der Waals surface area contributed by atoms with Crippen LogP contribution in [-0.4, -0.2) is 23.4 Å². The Balaban J connectivity index is 1.69. The van der Waals surface area contributed by atoms with Gasteiger partial charge >= 0.3 is 6.03 Å².